The Hall–Kier alpha value is -4.63. The van der Waals surface area contributed by atoms with E-state index >= 15 is 0 Å². The molecule has 1 amide bonds. The van der Waals surface area contributed by atoms with Crippen molar-refractivity contribution in [1.29, 1.82) is 0 Å². The minimum atomic E-state index is -0.194. The Morgan fingerprint density at radius 3 is 2.39 bits per heavy atom. The first kappa shape index (κ1) is 27.9. The number of benzene rings is 3. The lowest BCUT2D eigenvalue weighted by atomic mass is 10.1. The minimum Gasteiger partial charge on any atom is -0.497 e. The molecule has 0 aliphatic carbocycles. The molecule has 4 N–H and O–H groups in total. The summed E-state index contributed by atoms with van der Waals surface area (Å²) in [5.74, 6) is 1.48. The van der Waals surface area contributed by atoms with E-state index in [4.69, 9.17) is 15.5 Å². The largest absolute Gasteiger partial charge is 0.497 e. The summed E-state index contributed by atoms with van der Waals surface area (Å²) in [5.41, 5.74) is 10.4. The molecule has 0 fully saturated rings. The van der Waals surface area contributed by atoms with Crippen LogP contribution in [0.3, 0.4) is 0 Å². The van der Waals surface area contributed by atoms with Crippen molar-refractivity contribution in [3.05, 3.63) is 102 Å². The van der Waals surface area contributed by atoms with Crippen molar-refractivity contribution in [2.75, 3.05) is 18.2 Å². The first-order chi connectivity index (χ1) is 19.8. The highest BCUT2D eigenvalue weighted by Crippen LogP contribution is 2.37. The summed E-state index contributed by atoms with van der Waals surface area (Å²) in [5, 5.41) is 7.35. The molecule has 5 aromatic rings. The molecule has 9 heteroatoms. The number of pyridine rings is 1. The maximum Gasteiger partial charge on any atom is 0.251 e. The van der Waals surface area contributed by atoms with E-state index in [2.05, 4.69) is 34.4 Å². The fourth-order valence-electron chi connectivity index (χ4n) is 4.28. The molecular formula is C32H32N6O2S. The number of hydrogen-bond acceptors (Lipinski definition) is 8. The maximum atomic E-state index is 13.4. The summed E-state index contributed by atoms with van der Waals surface area (Å²) in [7, 11) is 1.63. The standard InChI is InChI=1S/C32H32N6O2S/c1-19(2)27-15-14-26-30(37-27)34-18-35-31(26)38-28-17-22(7-16-29(28)41-25-12-8-23(33)9-13-25)32(39)36-20(3)21-5-10-24(40-4)11-6-21/h5-20H,33H2,1-4H3,(H,36,39)(H,34,35,37,38)/t20-/m0/s1. The smallest absolute Gasteiger partial charge is 0.251 e. The number of nitrogens with one attached hydrogen (secondary N) is 2. The van der Waals surface area contributed by atoms with E-state index in [1.54, 1.807) is 18.9 Å². The van der Waals surface area contributed by atoms with Crippen molar-refractivity contribution in [3.8, 4) is 5.75 Å². The Labute approximate surface area is 243 Å². The fourth-order valence-corrected chi connectivity index (χ4v) is 5.16. The van der Waals surface area contributed by atoms with E-state index in [9.17, 15) is 4.79 Å². The Morgan fingerprint density at radius 2 is 1.68 bits per heavy atom. The number of anilines is 3. The molecule has 2 aromatic heterocycles. The zero-order valence-electron chi connectivity index (χ0n) is 23.4. The number of hydrogen-bond donors (Lipinski definition) is 3. The number of nitrogen functional groups attached to an aromatic ring is 1. The normalized spacial score (nSPS) is 11.8. The number of amides is 1. The van der Waals surface area contributed by atoms with Crippen LogP contribution in [0.4, 0.5) is 17.2 Å². The lowest BCUT2D eigenvalue weighted by Gasteiger charge is -2.17. The fraction of sp³-hybridized carbons (Fsp3) is 0.188. The highest BCUT2D eigenvalue weighted by molar-refractivity contribution is 7.99. The van der Waals surface area contributed by atoms with Gasteiger partial charge in [0.05, 0.1) is 24.2 Å². The molecule has 0 bridgehead atoms. The van der Waals surface area contributed by atoms with E-state index in [0.29, 0.717) is 22.7 Å². The van der Waals surface area contributed by atoms with E-state index in [1.165, 1.54) is 6.33 Å². The van der Waals surface area contributed by atoms with E-state index in [0.717, 1.165) is 37.9 Å². The van der Waals surface area contributed by atoms with Crippen molar-refractivity contribution in [2.24, 2.45) is 0 Å². The number of nitrogens with zero attached hydrogens (tertiary/aromatic N) is 3. The first-order valence-corrected chi connectivity index (χ1v) is 14.1. The van der Waals surface area contributed by atoms with Crippen LogP contribution in [-0.4, -0.2) is 28.0 Å². The summed E-state index contributed by atoms with van der Waals surface area (Å²) in [4.78, 5) is 28.9. The maximum absolute atomic E-state index is 13.4. The molecule has 0 aliphatic rings. The van der Waals surface area contributed by atoms with Gasteiger partial charge in [0.2, 0.25) is 0 Å². The minimum absolute atomic E-state index is 0.184. The average Bonchev–Trinajstić information content (AvgIpc) is 2.99. The Morgan fingerprint density at radius 1 is 0.927 bits per heavy atom. The highest BCUT2D eigenvalue weighted by atomic mass is 32.2. The monoisotopic (exact) mass is 564 g/mol. The molecule has 0 unspecified atom stereocenters. The third kappa shape index (κ3) is 6.58. The van der Waals surface area contributed by atoms with Gasteiger partial charge < -0.3 is 21.1 Å². The zero-order chi connectivity index (χ0) is 28.9. The first-order valence-electron chi connectivity index (χ1n) is 13.3. The summed E-state index contributed by atoms with van der Waals surface area (Å²) >= 11 is 1.57. The molecule has 1 atom stereocenters. The molecule has 41 heavy (non-hydrogen) atoms. The van der Waals surface area contributed by atoms with Crippen LogP contribution < -0.4 is 21.1 Å². The average molecular weight is 565 g/mol. The molecular weight excluding hydrogens is 532 g/mol. The third-order valence-corrected chi connectivity index (χ3v) is 7.76. The molecule has 208 valence electrons. The van der Waals surface area contributed by atoms with Gasteiger partial charge in [-0.05, 0) is 85.1 Å². The SMILES string of the molecule is COc1ccc([C@H](C)NC(=O)c2ccc(Sc3ccc(N)cc3)c(Nc3ncnc4nc(C(C)C)ccc34)c2)cc1. The number of carbonyl (C=O) groups is 1. The van der Waals surface area contributed by atoms with Crippen molar-refractivity contribution >= 4 is 45.9 Å². The van der Waals surface area contributed by atoms with Crippen LogP contribution in [-0.2, 0) is 0 Å². The van der Waals surface area contributed by atoms with Crippen molar-refractivity contribution in [3.63, 3.8) is 0 Å². The summed E-state index contributed by atoms with van der Waals surface area (Å²) in [6.07, 6.45) is 1.50. The van der Waals surface area contributed by atoms with Gasteiger partial charge in [0.1, 0.15) is 17.9 Å². The number of nitrogens with two attached hydrogens (primary N) is 1. The molecule has 0 spiro atoms. The summed E-state index contributed by atoms with van der Waals surface area (Å²) < 4.78 is 5.25. The molecule has 2 heterocycles. The van der Waals surface area contributed by atoms with Crippen LogP contribution in [0.1, 0.15) is 54.3 Å². The second kappa shape index (κ2) is 12.3. The number of methoxy groups -OCH3 is 1. The highest BCUT2D eigenvalue weighted by Gasteiger charge is 2.16. The number of rotatable bonds is 9. The van der Waals surface area contributed by atoms with Crippen molar-refractivity contribution in [2.45, 2.75) is 42.5 Å². The second-order valence-corrected chi connectivity index (χ2v) is 11.1. The van der Waals surface area contributed by atoms with E-state index in [-0.39, 0.29) is 17.9 Å². The second-order valence-electron chi connectivity index (χ2n) is 9.96. The molecule has 0 saturated carbocycles. The van der Waals surface area contributed by atoms with Gasteiger partial charge in [-0.25, -0.2) is 15.0 Å². The van der Waals surface area contributed by atoms with Gasteiger partial charge in [-0.3, -0.25) is 4.79 Å². The molecule has 8 nitrogen and oxygen atoms in total. The summed E-state index contributed by atoms with van der Waals surface area (Å²) in [6.45, 7) is 6.15. The number of ether oxygens (including phenoxy) is 1. The van der Waals surface area contributed by atoms with E-state index in [1.807, 2.05) is 85.8 Å². The van der Waals surface area contributed by atoms with Gasteiger partial charge in [0.15, 0.2) is 5.65 Å². The number of fused-ring (bicyclic) bond motifs is 1. The Balaban J connectivity index is 1.47. The quantitative estimate of drug-likeness (QED) is 0.162. The molecule has 5 rings (SSSR count). The van der Waals surface area contributed by atoms with Gasteiger partial charge in [0, 0.05) is 26.7 Å². The van der Waals surface area contributed by atoms with Gasteiger partial charge >= 0.3 is 0 Å². The van der Waals surface area contributed by atoms with E-state index < -0.39 is 0 Å². The molecule has 3 aromatic carbocycles. The third-order valence-electron chi connectivity index (χ3n) is 6.68. The van der Waals surface area contributed by atoms with Crippen LogP contribution >= 0.6 is 11.8 Å². The lowest BCUT2D eigenvalue weighted by Crippen LogP contribution is -2.26. The van der Waals surface area contributed by atoms with Crippen LogP contribution in [0.25, 0.3) is 11.0 Å². The molecule has 0 aliphatic heterocycles. The van der Waals surface area contributed by atoms with Gasteiger partial charge in [0.25, 0.3) is 5.91 Å². The van der Waals surface area contributed by atoms with Gasteiger partial charge in [-0.1, -0.05) is 37.7 Å². The lowest BCUT2D eigenvalue weighted by molar-refractivity contribution is 0.0940. The van der Waals surface area contributed by atoms with Crippen molar-refractivity contribution < 1.29 is 9.53 Å². The van der Waals surface area contributed by atoms with Crippen LogP contribution in [0, 0.1) is 0 Å². The van der Waals surface area contributed by atoms with Crippen molar-refractivity contribution in [1.82, 2.24) is 20.3 Å². The topological polar surface area (TPSA) is 115 Å². The predicted molar refractivity (Wildman–Crippen MR) is 165 cm³/mol. The number of aromatic nitrogens is 3. The van der Waals surface area contributed by atoms with Gasteiger partial charge in [-0.15, -0.1) is 0 Å². The summed E-state index contributed by atoms with van der Waals surface area (Å²) in [6, 6.07) is 24.7. The van der Waals surface area contributed by atoms with Crippen LogP contribution in [0.15, 0.2) is 95.0 Å². The predicted octanol–water partition coefficient (Wildman–Crippen LogP) is 7.12. The molecule has 0 saturated heterocycles. The van der Waals surface area contributed by atoms with Crippen LogP contribution in [0.5, 0.6) is 5.75 Å². The zero-order valence-corrected chi connectivity index (χ0v) is 24.2. The van der Waals surface area contributed by atoms with Gasteiger partial charge in [-0.2, -0.15) is 0 Å². The Bertz CT molecular complexity index is 1670. The molecule has 0 radical (unpaired) electrons. The Kier molecular flexibility index (Phi) is 8.35. The van der Waals surface area contributed by atoms with Crippen LogP contribution in [0.2, 0.25) is 0 Å². The number of carbonyl (C=O) groups excluding carboxylic acids is 1.